The minimum atomic E-state index is -3.49. The summed E-state index contributed by atoms with van der Waals surface area (Å²) in [5, 5.41) is 0.500. The summed E-state index contributed by atoms with van der Waals surface area (Å²) < 4.78 is 31.8. The number of esters is 1. The molecule has 0 aliphatic heterocycles. The van der Waals surface area contributed by atoms with Crippen molar-refractivity contribution in [1.82, 2.24) is 4.72 Å². The Kier molecular flexibility index (Phi) is 9.27. The molecule has 0 aliphatic carbocycles. The number of halogens is 1. The van der Waals surface area contributed by atoms with E-state index in [1.807, 2.05) is 13.8 Å². The molecule has 0 amide bonds. The van der Waals surface area contributed by atoms with Gasteiger partial charge in [0, 0.05) is 17.3 Å². The fraction of sp³-hybridized carbons (Fsp3) is 0.588. The predicted octanol–water partition coefficient (Wildman–Crippen LogP) is 3.72. The molecular weight excluding hydrogens is 382 g/mol. The van der Waals surface area contributed by atoms with Crippen molar-refractivity contribution in [2.75, 3.05) is 24.7 Å². The van der Waals surface area contributed by atoms with Crippen molar-refractivity contribution in [1.29, 1.82) is 0 Å². The molecule has 0 aromatic heterocycles. The number of nitrogens with one attached hydrogen (secondary N) is 1. The number of benzene rings is 1. The normalized spacial score (nSPS) is 12.2. The summed E-state index contributed by atoms with van der Waals surface area (Å²) in [7, 11) is -3.49. The Balaban J connectivity index is 2.24. The smallest absolute Gasteiger partial charge is 0.311 e. The minimum absolute atomic E-state index is 0.171. The molecule has 0 saturated heterocycles. The fourth-order valence-corrected chi connectivity index (χ4v) is 4.18. The quantitative estimate of drug-likeness (QED) is 0.447. The fourth-order valence-electron chi connectivity index (χ4n) is 2.09. The highest BCUT2D eigenvalue weighted by atomic mass is 35.5. The largest absolute Gasteiger partial charge is 0.466 e. The summed E-state index contributed by atoms with van der Waals surface area (Å²) in [6, 6.07) is 6.07. The number of sulfonamides is 1. The van der Waals surface area contributed by atoms with E-state index >= 15 is 0 Å². The zero-order valence-electron chi connectivity index (χ0n) is 14.9. The standard InChI is InChI=1S/C17H26ClNO4S2/c1-4-23-16(20)17(2,3)10-5-12-24-13-11-19-25(21,22)15-8-6-14(18)7-9-15/h6-9,19H,4-5,10-13H2,1-3H3. The molecular formula is C17H26ClNO4S2. The average molecular weight is 408 g/mol. The molecule has 0 unspecified atom stereocenters. The number of hydrogen-bond donors (Lipinski definition) is 1. The van der Waals surface area contributed by atoms with Crippen LogP contribution in [-0.2, 0) is 19.6 Å². The van der Waals surface area contributed by atoms with Gasteiger partial charge in [0.1, 0.15) is 0 Å². The maximum absolute atomic E-state index is 12.1. The third-order valence-electron chi connectivity index (χ3n) is 3.58. The van der Waals surface area contributed by atoms with Gasteiger partial charge in [0.25, 0.3) is 0 Å². The van der Waals surface area contributed by atoms with E-state index < -0.39 is 15.4 Å². The van der Waals surface area contributed by atoms with Crippen LogP contribution in [-0.4, -0.2) is 39.0 Å². The van der Waals surface area contributed by atoms with Gasteiger partial charge in [0.2, 0.25) is 10.0 Å². The van der Waals surface area contributed by atoms with Crippen LogP contribution >= 0.6 is 23.4 Å². The molecule has 0 heterocycles. The topological polar surface area (TPSA) is 72.5 Å². The van der Waals surface area contributed by atoms with Crippen molar-refractivity contribution >= 4 is 39.4 Å². The van der Waals surface area contributed by atoms with E-state index in [-0.39, 0.29) is 10.9 Å². The number of hydrogen-bond acceptors (Lipinski definition) is 5. The summed E-state index contributed by atoms with van der Waals surface area (Å²) in [5.41, 5.74) is -0.479. The van der Waals surface area contributed by atoms with Gasteiger partial charge in [0.05, 0.1) is 16.9 Å². The van der Waals surface area contributed by atoms with Crippen molar-refractivity contribution in [2.45, 2.75) is 38.5 Å². The van der Waals surface area contributed by atoms with E-state index in [4.69, 9.17) is 16.3 Å². The molecule has 1 aromatic carbocycles. The zero-order chi connectivity index (χ0) is 18.9. The minimum Gasteiger partial charge on any atom is -0.466 e. The molecule has 0 saturated carbocycles. The molecule has 8 heteroatoms. The summed E-state index contributed by atoms with van der Waals surface area (Å²) in [6.45, 7) is 6.32. The maximum atomic E-state index is 12.1. The number of carbonyl (C=O) groups excluding carboxylic acids is 1. The lowest BCUT2D eigenvalue weighted by molar-refractivity contribution is -0.153. The van der Waals surface area contributed by atoms with Gasteiger partial charge in [-0.3, -0.25) is 4.79 Å². The van der Waals surface area contributed by atoms with Crippen LogP contribution in [0.15, 0.2) is 29.2 Å². The van der Waals surface area contributed by atoms with Crippen LogP contribution in [0.5, 0.6) is 0 Å². The van der Waals surface area contributed by atoms with Gasteiger partial charge in [-0.15, -0.1) is 0 Å². The molecule has 1 rings (SSSR count). The Hall–Kier alpha value is -0.760. The summed E-state index contributed by atoms with van der Waals surface area (Å²) in [5.74, 6) is 1.37. The second-order valence-corrected chi connectivity index (χ2v) is 9.60. The van der Waals surface area contributed by atoms with Gasteiger partial charge >= 0.3 is 5.97 Å². The summed E-state index contributed by atoms with van der Waals surface area (Å²) >= 11 is 7.42. The summed E-state index contributed by atoms with van der Waals surface area (Å²) in [6.07, 6.45) is 1.62. The number of thioether (sulfide) groups is 1. The van der Waals surface area contributed by atoms with Crippen LogP contribution < -0.4 is 4.72 Å². The zero-order valence-corrected chi connectivity index (χ0v) is 17.3. The van der Waals surface area contributed by atoms with Crippen LogP contribution in [0.4, 0.5) is 0 Å². The van der Waals surface area contributed by atoms with Crippen LogP contribution in [0.1, 0.15) is 33.6 Å². The molecule has 5 nitrogen and oxygen atoms in total. The van der Waals surface area contributed by atoms with Crippen LogP contribution in [0.25, 0.3) is 0 Å². The Morgan fingerprint density at radius 2 is 1.88 bits per heavy atom. The number of carbonyl (C=O) groups is 1. The van der Waals surface area contributed by atoms with Gasteiger partial charge in [-0.2, -0.15) is 11.8 Å². The first-order valence-electron chi connectivity index (χ1n) is 8.19. The van der Waals surface area contributed by atoms with Crippen molar-refractivity contribution < 1.29 is 17.9 Å². The molecule has 0 aliphatic rings. The second kappa shape index (κ2) is 10.4. The van der Waals surface area contributed by atoms with Crippen molar-refractivity contribution in [3.63, 3.8) is 0 Å². The molecule has 25 heavy (non-hydrogen) atoms. The molecule has 1 aromatic rings. The van der Waals surface area contributed by atoms with E-state index in [2.05, 4.69) is 4.72 Å². The summed E-state index contributed by atoms with van der Waals surface area (Å²) in [4.78, 5) is 12.0. The van der Waals surface area contributed by atoms with Crippen molar-refractivity contribution in [3.8, 4) is 0 Å². The highest BCUT2D eigenvalue weighted by molar-refractivity contribution is 7.99. The Morgan fingerprint density at radius 3 is 2.48 bits per heavy atom. The SMILES string of the molecule is CCOC(=O)C(C)(C)CCCSCCNS(=O)(=O)c1ccc(Cl)cc1. The Labute approximate surface area is 159 Å². The lowest BCUT2D eigenvalue weighted by Gasteiger charge is -2.21. The van der Waals surface area contributed by atoms with Gasteiger partial charge in [-0.25, -0.2) is 13.1 Å². The van der Waals surface area contributed by atoms with Crippen molar-refractivity contribution in [3.05, 3.63) is 29.3 Å². The van der Waals surface area contributed by atoms with E-state index in [0.717, 1.165) is 18.6 Å². The highest BCUT2D eigenvalue weighted by Gasteiger charge is 2.28. The number of rotatable bonds is 11. The van der Waals surface area contributed by atoms with Gasteiger partial charge in [-0.1, -0.05) is 11.6 Å². The molecule has 142 valence electrons. The van der Waals surface area contributed by atoms with E-state index in [9.17, 15) is 13.2 Å². The van der Waals surface area contributed by atoms with Crippen LogP contribution in [0.3, 0.4) is 0 Å². The second-order valence-electron chi connectivity index (χ2n) is 6.17. The first kappa shape index (κ1) is 22.3. The molecule has 0 atom stereocenters. The Bertz CT molecular complexity index is 645. The molecule has 0 radical (unpaired) electrons. The first-order chi connectivity index (χ1) is 11.7. The Morgan fingerprint density at radius 1 is 1.24 bits per heavy atom. The van der Waals surface area contributed by atoms with Crippen molar-refractivity contribution in [2.24, 2.45) is 5.41 Å². The van der Waals surface area contributed by atoms with E-state index in [1.54, 1.807) is 30.8 Å². The van der Waals surface area contributed by atoms with Gasteiger partial charge < -0.3 is 4.74 Å². The third-order valence-corrected chi connectivity index (χ3v) is 6.38. The maximum Gasteiger partial charge on any atom is 0.311 e. The molecule has 0 spiro atoms. The monoisotopic (exact) mass is 407 g/mol. The molecule has 0 bridgehead atoms. The van der Waals surface area contributed by atoms with E-state index in [1.165, 1.54) is 12.1 Å². The molecule has 1 N–H and O–H groups in total. The van der Waals surface area contributed by atoms with Gasteiger partial charge in [0.15, 0.2) is 0 Å². The van der Waals surface area contributed by atoms with E-state index in [0.29, 0.717) is 23.9 Å². The van der Waals surface area contributed by atoms with Crippen LogP contribution in [0, 0.1) is 5.41 Å². The van der Waals surface area contributed by atoms with Gasteiger partial charge in [-0.05, 0) is 63.6 Å². The lowest BCUT2D eigenvalue weighted by Crippen LogP contribution is -2.27. The predicted molar refractivity (Wildman–Crippen MR) is 104 cm³/mol. The lowest BCUT2D eigenvalue weighted by atomic mass is 9.88. The highest BCUT2D eigenvalue weighted by Crippen LogP contribution is 2.25. The molecule has 0 fully saturated rings. The number of ether oxygens (including phenoxy) is 1. The van der Waals surface area contributed by atoms with Crippen LogP contribution in [0.2, 0.25) is 5.02 Å². The average Bonchev–Trinajstić information content (AvgIpc) is 2.54. The third kappa shape index (κ3) is 7.98. The first-order valence-corrected chi connectivity index (χ1v) is 11.2.